The van der Waals surface area contributed by atoms with Gasteiger partial charge in [-0.2, -0.15) is 0 Å². The summed E-state index contributed by atoms with van der Waals surface area (Å²) >= 11 is 11.9. The molecular weight excluding hydrogens is 391 g/mol. The average molecular weight is 411 g/mol. The Bertz CT molecular complexity index is 823. The van der Waals surface area contributed by atoms with E-state index >= 15 is 0 Å². The molecule has 0 bridgehead atoms. The number of amides is 1. The smallest absolute Gasteiger partial charge is 0.344 e. The quantitative estimate of drug-likeness (QED) is 0.685. The topological polar surface area (TPSA) is 77.5 Å². The number of halogens is 2. The van der Waals surface area contributed by atoms with Crippen molar-refractivity contribution in [1.82, 2.24) is 4.98 Å². The molecule has 0 saturated heterocycles. The summed E-state index contributed by atoms with van der Waals surface area (Å²) in [5.74, 6) is -0.116. The fourth-order valence-corrected chi connectivity index (χ4v) is 2.50. The van der Waals surface area contributed by atoms with E-state index in [1.54, 1.807) is 19.1 Å². The molecule has 8 heteroatoms. The number of anilines is 1. The van der Waals surface area contributed by atoms with Crippen molar-refractivity contribution in [3.8, 4) is 5.75 Å². The van der Waals surface area contributed by atoms with Crippen LogP contribution < -0.4 is 10.1 Å². The van der Waals surface area contributed by atoms with Crippen LogP contribution in [-0.2, 0) is 14.3 Å². The number of ether oxygens (including phenoxy) is 2. The van der Waals surface area contributed by atoms with Crippen LogP contribution in [0.2, 0.25) is 10.0 Å². The van der Waals surface area contributed by atoms with Crippen LogP contribution in [-0.4, -0.2) is 30.1 Å². The molecule has 1 heterocycles. The van der Waals surface area contributed by atoms with E-state index in [0.29, 0.717) is 22.4 Å². The van der Waals surface area contributed by atoms with Gasteiger partial charge in [0.15, 0.2) is 19.0 Å². The summed E-state index contributed by atoms with van der Waals surface area (Å²) in [5.41, 5.74) is 1.69. The van der Waals surface area contributed by atoms with Crippen LogP contribution in [0.15, 0.2) is 30.3 Å². The summed E-state index contributed by atoms with van der Waals surface area (Å²) in [6.45, 7) is 5.08. The number of nitrogens with one attached hydrogen (secondary N) is 1. The molecule has 0 aliphatic carbocycles. The molecule has 2 rings (SSSR count). The van der Waals surface area contributed by atoms with Crippen molar-refractivity contribution in [2.75, 3.05) is 18.5 Å². The zero-order valence-corrected chi connectivity index (χ0v) is 16.7. The van der Waals surface area contributed by atoms with Gasteiger partial charge in [0.2, 0.25) is 0 Å². The molecule has 2 aromatic rings. The minimum absolute atomic E-state index is 0.154. The summed E-state index contributed by atoms with van der Waals surface area (Å²) in [4.78, 5) is 27.7. The number of carbonyl (C=O) groups excluding carboxylic acids is 2. The Morgan fingerprint density at radius 2 is 1.78 bits per heavy atom. The third kappa shape index (κ3) is 6.41. The predicted octanol–water partition coefficient (Wildman–Crippen LogP) is 4.38. The van der Waals surface area contributed by atoms with E-state index in [9.17, 15) is 9.59 Å². The monoisotopic (exact) mass is 410 g/mol. The number of benzene rings is 1. The predicted molar refractivity (Wildman–Crippen MR) is 105 cm³/mol. The van der Waals surface area contributed by atoms with Gasteiger partial charge < -0.3 is 14.8 Å². The summed E-state index contributed by atoms with van der Waals surface area (Å²) in [6, 6.07) is 8.91. The lowest BCUT2D eigenvalue weighted by Crippen LogP contribution is -2.24. The molecule has 144 valence electrons. The van der Waals surface area contributed by atoms with Gasteiger partial charge in [0.1, 0.15) is 5.75 Å². The van der Waals surface area contributed by atoms with Gasteiger partial charge in [-0.1, -0.05) is 49.2 Å². The number of nitrogens with zero attached hydrogens (tertiary/aromatic N) is 1. The normalized spacial score (nSPS) is 10.6. The number of hydrogen-bond donors (Lipinski definition) is 1. The molecule has 0 unspecified atom stereocenters. The number of aryl methyl sites for hydroxylation is 1. The Balaban J connectivity index is 1.78. The van der Waals surface area contributed by atoms with Crippen molar-refractivity contribution >= 4 is 40.9 Å². The second-order valence-electron chi connectivity index (χ2n) is 6.11. The molecule has 0 atom stereocenters. The van der Waals surface area contributed by atoms with Crippen molar-refractivity contribution < 1.29 is 19.1 Å². The van der Waals surface area contributed by atoms with E-state index in [2.05, 4.69) is 24.1 Å². The highest BCUT2D eigenvalue weighted by Gasteiger charge is 2.13. The Kier molecular flexibility index (Phi) is 7.45. The largest absolute Gasteiger partial charge is 0.482 e. The number of carbonyl (C=O) groups is 2. The summed E-state index contributed by atoms with van der Waals surface area (Å²) in [7, 11) is 0. The highest BCUT2D eigenvalue weighted by molar-refractivity contribution is 6.36. The molecule has 1 amide bonds. The minimum Gasteiger partial charge on any atom is -0.482 e. The van der Waals surface area contributed by atoms with E-state index in [1.165, 1.54) is 11.6 Å². The summed E-state index contributed by atoms with van der Waals surface area (Å²) < 4.78 is 10.2. The lowest BCUT2D eigenvalue weighted by molar-refractivity contribution is -0.149. The van der Waals surface area contributed by atoms with Gasteiger partial charge in [-0.25, -0.2) is 9.78 Å². The SMILES string of the molecule is Cc1nc(NC(=O)COC(=O)COc2ccc(C(C)C)cc2)c(Cl)cc1Cl. The maximum atomic E-state index is 11.9. The van der Waals surface area contributed by atoms with E-state index in [0.717, 1.165) is 0 Å². The van der Waals surface area contributed by atoms with Crippen molar-refractivity contribution in [3.63, 3.8) is 0 Å². The molecule has 0 radical (unpaired) electrons. The van der Waals surface area contributed by atoms with Gasteiger partial charge in [0.25, 0.3) is 5.91 Å². The Morgan fingerprint density at radius 3 is 2.41 bits per heavy atom. The molecule has 1 N–H and O–H groups in total. The van der Waals surface area contributed by atoms with Gasteiger partial charge in [-0.05, 0) is 36.6 Å². The van der Waals surface area contributed by atoms with Gasteiger partial charge in [-0.3, -0.25) is 4.79 Å². The molecule has 27 heavy (non-hydrogen) atoms. The second kappa shape index (κ2) is 9.58. The van der Waals surface area contributed by atoms with Gasteiger partial charge >= 0.3 is 5.97 Å². The first kappa shape index (κ1) is 21.0. The average Bonchev–Trinajstić information content (AvgIpc) is 2.63. The van der Waals surface area contributed by atoms with Gasteiger partial charge in [-0.15, -0.1) is 0 Å². The Hall–Kier alpha value is -2.31. The number of aromatic nitrogens is 1. The van der Waals surface area contributed by atoms with Crippen LogP contribution in [0.4, 0.5) is 5.82 Å². The zero-order valence-electron chi connectivity index (χ0n) is 15.2. The van der Waals surface area contributed by atoms with Gasteiger partial charge in [0.05, 0.1) is 15.7 Å². The summed E-state index contributed by atoms with van der Waals surface area (Å²) in [5, 5.41) is 3.05. The highest BCUT2D eigenvalue weighted by Crippen LogP contribution is 2.25. The number of hydrogen-bond acceptors (Lipinski definition) is 5. The van der Waals surface area contributed by atoms with E-state index in [4.69, 9.17) is 32.7 Å². The maximum Gasteiger partial charge on any atom is 0.344 e. The van der Waals surface area contributed by atoms with Crippen LogP contribution in [0.25, 0.3) is 0 Å². The Labute approximate surface area is 167 Å². The van der Waals surface area contributed by atoms with Crippen LogP contribution in [0, 0.1) is 6.92 Å². The standard InChI is InChI=1S/C19H20Cl2N2O4/c1-11(2)13-4-6-14(7-5-13)26-10-18(25)27-9-17(24)23-19-16(21)8-15(20)12(3)22-19/h4-8,11H,9-10H2,1-3H3,(H,22,23,24). The zero-order chi connectivity index (χ0) is 20.0. The van der Waals surface area contributed by atoms with Crippen LogP contribution in [0.3, 0.4) is 0 Å². The molecular formula is C19H20Cl2N2O4. The summed E-state index contributed by atoms with van der Waals surface area (Å²) in [6.07, 6.45) is 0. The van der Waals surface area contributed by atoms with Crippen molar-refractivity contribution in [2.24, 2.45) is 0 Å². The number of rotatable bonds is 7. The lowest BCUT2D eigenvalue weighted by Gasteiger charge is -2.10. The van der Waals surface area contributed by atoms with E-state index in [1.807, 2.05) is 12.1 Å². The third-order valence-electron chi connectivity index (χ3n) is 3.63. The van der Waals surface area contributed by atoms with Crippen LogP contribution in [0.1, 0.15) is 31.0 Å². The number of esters is 1. The van der Waals surface area contributed by atoms with E-state index in [-0.39, 0.29) is 17.4 Å². The fourth-order valence-electron chi connectivity index (χ4n) is 2.09. The van der Waals surface area contributed by atoms with Crippen LogP contribution >= 0.6 is 23.2 Å². The third-order valence-corrected chi connectivity index (χ3v) is 4.30. The molecule has 0 aliphatic heterocycles. The van der Waals surface area contributed by atoms with Crippen molar-refractivity contribution in [3.05, 3.63) is 51.6 Å². The van der Waals surface area contributed by atoms with Crippen molar-refractivity contribution in [2.45, 2.75) is 26.7 Å². The minimum atomic E-state index is -0.663. The molecule has 1 aromatic carbocycles. The van der Waals surface area contributed by atoms with Gasteiger partial charge in [0, 0.05) is 0 Å². The van der Waals surface area contributed by atoms with Crippen LogP contribution in [0.5, 0.6) is 5.75 Å². The molecule has 0 saturated carbocycles. The molecule has 1 aromatic heterocycles. The lowest BCUT2D eigenvalue weighted by atomic mass is 10.0. The second-order valence-corrected chi connectivity index (χ2v) is 6.92. The molecule has 0 spiro atoms. The molecule has 0 fully saturated rings. The maximum absolute atomic E-state index is 11.9. The first-order valence-electron chi connectivity index (χ1n) is 8.27. The highest BCUT2D eigenvalue weighted by atomic mass is 35.5. The molecule has 6 nitrogen and oxygen atoms in total. The number of pyridine rings is 1. The molecule has 0 aliphatic rings. The van der Waals surface area contributed by atoms with Crippen molar-refractivity contribution in [1.29, 1.82) is 0 Å². The Morgan fingerprint density at radius 1 is 1.11 bits per heavy atom. The van der Waals surface area contributed by atoms with E-state index < -0.39 is 18.5 Å². The first-order chi connectivity index (χ1) is 12.8. The first-order valence-corrected chi connectivity index (χ1v) is 9.02. The fraction of sp³-hybridized carbons (Fsp3) is 0.316.